The number of terminal acetylenes is 1. The zero-order valence-electron chi connectivity index (χ0n) is 7.52. The molecule has 2 heteroatoms. The van der Waals surface area contributed by atoms with E-state index in [2.05, 4.69) is 18.2 Å². The van der Waals surface area contributed by atoms with E-state index in [1.165, 1.54) is 19.3 Å². The van der Waals surface area contributed by atoms with Gasteiger partial charge in [0.2, 0.25) is 0 Å². The molecule has 0 aromatic rings. The summed E-state index contributed by atoms with van der Waals surface area (Å²) in [5.74, 6) is 1.78. The Balaban J connectivity index is 2.30. The first kappa shape index (κ1) is 9.12. The maximum atomic E-state index is 10.8. The number of rotatable bonds is 3. The van der Waals surface area contributed by atoms with Crippen molar-refractivity contribution in [3.05, 3.63) is 0 Å². The maximum absolute atomic E-state index is 10.8. The zero-order chi connectivity index (χ0) is 9.03. The van der Waals surface area contributed by atoms with E-state index >= 15 is 0 Å². The van der Waals surface area contributed by atoms with Gasteiger partial charge in [0.25, 0.3) is 5.91 Å². The lowest BCUT2D eigenvalue weighted by atomic mass is 9.67. The average Bonchev–Trinajstić information content (AvgIpc) is 2.03. The summed E-state index contributed by atoms with van der Waals surface area (Å²) in [5.41, 5.74) is 0.368. The van der Waals surface area contributed by atoms with Crippen molar-refractivity contribution in [2.75, 3.05) is 6.54 Å². The quantitative estimate of drug-likeness (QED) is 0.628. The summed E-state index contributed by atoms with van der Waals surface area (Å²) in [6.45, 7) is 2.92. The molecule has 0 spiro atoms. The summed E-state index contributed by atoms with van der Waals surface area (Å²) < 4.78 is 0. The molecule has 0 aliphatic heterocycles. The van der Waals surface area contributed by atoms with Gasteiger partial charge in [-0.2, -0.15) is 0 Å². The van der Waals surface area contributed by atoms with Crippen molar-refractivity contribution in [1.82, 2.24) is 5.32 Å². The van der Waals surface area contributed by atoms with E-state index in [1.807, 2.05) is 0 Å². The molecular weight excluding hydrogens is 150 g/mol. The summed E-state index contributed by atoms with van der Waals surface area (Å²) in [6, 6.07) is 0. The van der Waals surface area contributed by atoms with Crippen molar-refractivity contribution in [1.29, 1.82) is 0 Å². The standard InChI is InChI=1S/C10H15NO/c1-3-9(12)11-8-10(4-2)6-5-7-10/h1H,4-8H2,2H3,(H,11,12). The van der Waals surface area contributed by atoms with Crippen LogP contribution < -0.4 is 5.32 Å². The van der Waals surface area contributed by atoms with Crippen LogP contribution in [0.4, 0.5) is 0 Å². The second kappa shape index (κ2) is 3.62. The molecule has 1 saturated carbocycles. The van der Waals surface area contributed by atoms with Gasteiger partial charge in [-0.05, 0) is 30.6 Å². The third kappa shape index (κ3) is 1.79. The molecule has 0 heterocycles. The predicted octanol–water partition coefficient (Wildman–Crippen LogP) is 1.32. The number of nitrogens with one attached hydrogen (secondary N) is 1. The Hall–Kier alpha value is -0.970. The molecule has 0 unspecified atom stereocenters. The predicted molar refractivity (Wildman–Crippen MR) is 48.4 cm³/mol. The molecule has 1 amide bonds. The highest BCUT2D eigenvalue weighted by molar-refractivity contribution is 5.92. The topological polar surface area (TPSA) is 29.1 Å². The molecule has 0 bridgehead atoms. The zero-order valence-corrected chi connectivity index (χ0v) is 7.52. The Morgan fingerprint density at radius 2 is 2.33 bits per heavy atom. The van der Waals surface area contributed by atoms with E-state index in [0.29, 0.717) is 5.41 Å². The number of carbonyl (C=O) groups is 1. The lowest BCUT2D eigenvalue weighted by molar-refractivity contribution is -0.116. The van der Waals surface area contributed by atoms with Crippen LogP contribution in [0.15, 0.2) is 0 Å². The van der Waals surface area contributed by atoms with Crippen molar-refractivity contribution in [2.24, 2.45) is 5.41 Å². The molecule has 1 fully saturated rings. The van der Waals surface area contributed by atoms with Gasteiger partial charge in [-0.1, -0.05) is 13.3 Å². The van der Waals surface area contributed by atoms with Gasteiger partial charge in [-0.15, -0.1) is 6.42 Å². The summed E-state index contributed by atoms with van der Waals surface area (Å²) in [5, 5.41) is 2.75. The fourth-order valence-electron chi connectivity index (χ4n) is 1.65. The molecule has 0 radical (unpaired) electrons. The van der Waals surface area contributed by atoms with Crippen LogP contribution in [0.2, 0.25) is 0 Å². The third-order valence-corrected chi connectivity index (χ3v) is 2.92. The Labute approximate surface area is 73.7 Å². The van der Waals surface area contributed by atoms with Crippen LogP contribution in [0.1, 0.15) is 32.6 Å². The minimum atomic E-state index is -0.283. The van der Waals surface area contributed by atoms with Crippen LogP contribution in [-0.4, -0.2) is 12.5 Å². The summed E-state index contributed by atoms with van der Waals surface area (Å²) in [6.07, 6.45) is 9.83. The third-order valence-electron chi connectivity index (χ3n) is 2.92. The Morgan fingerprint density at radius 1 is 1.67 bits per heavy atom. The normalized spacial score (nSPS) is 19.0. The first-order chi connectivity index (χ1) is 5.72. The van der Waals surface area contributed by atoms with Gasteiger partial charge in [0, 0.05) is 6.54 Å². The van der Waals surface area contributed by atoms with Crippen LogP contribution in [0.5, 0.6) is 0 Å². The lowest BCUT2D eigenvalue weighted by Crippen LogP contribution is -2.41. The molecular formula is C10H15NO. The number of amides is 1. The van der Waals surface area contributed by atoms with E-state index in [1.54, 1.807) is 0 Å². The largest absolute Gasteiger partial charge is 0.345 e. The highest BCUT2D eigenvalue weighted by Crippen LogP contribution is 2.42. The van der Waals surface area contributed by atoms with Gasteiger partial charge < -0.3 is 5.32 Å². The van der Waals surface area contributed by atoms with Crippen LogP contribution >= 0.6 is 0 Å². The molecule has 1 N–H and O–H groups in total. The van der Waals surface area contributed by atoms with Crippen LogP contribution in [-0.2, 0) is 4.79 Å². The summed E-state index contributed by atoms with van der Waals surface area (Å²) >= 11 is 0. The first-order valence-electron chi connectivity index (χ1n) is 4.47. The SMILES string of the molecule is C#CC(=O)NCC1(CC)CCC1. The number of hydrogen-bond acceptors (Lipinski definition) is 1. The van der Waals surface area contributed by atoms with Crippen molar-refractivity contribution in [3.8, 4) is 12.3 Å². The number of carbonyl (C=O) groups excluding carboxylic acids is 1. The fraction of sp³-hybridized carbons (Fsp3) is 0.700. The van der Waals surface area contributed by atoms with E-state index in [9.17, 15) is 4.79 Å². The van der Waals surface area contributed by atoms with Gasteiger partial charge in [-0.25, -0.2) is 0 Å². The van der Waals surface area contributed by atoms with E-state index in [-0.39, 0.29) is 5.91 Å². The van der Waals surface area contributed by atoms with Crippen LogP contribution in [0.25, 0.3) is 0 Å². The monoisotopic (exact) mass is 165 g/mol. The number of hydrogen-bond donors (Lipinski definition) is 1. The minimum Gasteiger partial charge on any atom is -0.345 e. The maximum Gasteiger partial charge on any atom is 0.295 e. The molecule has 66 valence electrons. The highest BCUT2D eigenvalue weighted by Gasteiger charge is 2.34. The summed E-state index contributed by atoms with van der Waals surface area (Å²) in [4.78, 5) is 10.8. The van der Waals surface area contributed by atoms with E-state index < -0.39 is 0 Å². The van der Waals surface area contributed by atoms with Gasteiger partial charge in [0.1, 0.15) is 0 Å². The van der Waals surface area contributed by atoms with Gasteiger partial charge in [-0.3, -0.25) is 4.79 Å². The molecule has 1 aliphatic carbocycles. The highest BCUT2D eigenvalue weighted by atomic mass is 16.1. The molecule has 0 atom stereocenters. The van der Waals surface area contributed by atoms with E-state index in [4.69, 9.17) is 6.42 Å². The van der Waals surface area contributed by atoms with Crippen molar-refractivity contribution >= 4 is 5.91 Å². The van der Waals surface area contributed by atoms with Gasteiger partial charge in [0.15, 0.2) is 0 Å². The molecule has 12 heavy (non-hydrogen) atoms. The average molecular weight is 165 g/mol. The molecule has 0 aromatic heterocycles. The molecule has 0 aromatic carbocycles. The lowest BCUT2D eigenvalue weighted by Gasteiger charge is -2.41. The van der Waals surface area contributed by atoms with Gasteiger partial charge in [0.05, 0.1) is 0 Å². The van der Waals surface area contributed by atoms with Crippen molar-refractivity contribution in [2.45, 2.75) is 32.6 Å². The van der Waals surface area contributed by atoms with Crippen LogP contribution in [0.3, 0.4) is 0 Å². The molecule has 1 aliphatic rings. The Kier molecular flexibility index (Phi) is 2.75. The fourth-order valence-corrected chi connectivity index (χ4v) is 1.65. The van der Waals surface area contributed by atoms with Crippen LogP contribution in [0, 0.1) is 17.8 Å². The minimum absolute atomic E-state index is 0.283. The van der Waals surface area contributed by atoms with E-state index in [0.717, 1.165) is 13.0 Å². The second-order valence-corrected chi connectivity index (χ2v) is 3.53. The first-order valence-corrected chi connectivity index (χ1v) is 4.47. The van der Waals surface area contributed by atoms with Crippen molar-refractivity contribution < 1.29 is 4.79 Å². The molecule has 2 nitrogen and oxygen atoms in total. The van der Waals surface area contributed by atoms with Crippen molar-refractivity contribution in [3.63, 3.8) is 0 Å². The molecule has 0 saturated heterocycles. The Bertz CT molecular complexity index is 205. The second-order valence-electron chi connectivity index (χ2n) is 3.53. The molecule has 1 rings (SSSR count). The van der Waals surface area contributed by atoms with Gasteiger partial charge >= 0.3 is 0 Å². The summed E-state index contributed by atoms with van der Waals surface area (Å²) in [7, 11) is 0. The smallest absolute Gasteiger partial charge is 0.295 e. The Morgan fingerprint density at radius 3 is 2.67 bits per heavy atom.